The minimum absolute atomic E-state index is 0.119. The fraction of sp³-hybridized carbons (Fsp3) is 0.200. The Morgan fingerprint density at radius 2 is 2.06 bits per heavy atom. The molecule has 0 bridgehead atoms. The fourth-order valence-corrected chi connectivity index (χ4v) is 1.40. The molecule has 0 amide bonds. The third kappa shape index (κ3) is 2.79. The number of rotatable bonds is 4. The molecule has 2 rings (SSSR count). The van der Waals surface area contributed by atoms with Gasteiger partial charge >= 0.3 is 0 Å². The van der Waals surface area contributed by atoms with Crippen LogP contribution in [0.15, 0.2) is 28.8 Å². The van der Waals surface area contributed by atoms with Gasteiger partial charge in [0.1, 0.15) is 6.61 Å². The van der Waals surface area contributed by atoms with Gasteiger partial charge in [0.15, 0.2) is 5.82 Å². The van der Waals surface area contributed by atoms with Crippen molar-refractivity contribution in [3.63, 3.8) is 0 Å². The molecule has 2 N–H and O–H groups in total. The predicted octanol–water partition coefficient (Wildman–Crippen LogP) is 1.70. The Hall–Kier alpha value is -1.43. The molecule has 0 aliphatic carbocycles. The maximum atomic E-state index is 5.78. The lowest BCUT2D eigenvalue weighted by Gasteiger charge is -1.96. The van der Waals surface area contributed by atoms with E-state index in [2.05, 4.69) is 15.0 Å². The van der Waals surface area contributed by atoms with Crippen molar-refractivity contribution in [3.05, 3.63) is 46.6 Å². The van der Waals surface area contributed by atoms with E-state index in [4.69, 9.17) is 22.0 Å². The van der Waals surface area contributed by atoms with Gasteiger partial charge in [-0.2, -0.15) is 4.98 Å². The monoisotopic (exact) mass is 239 g/mol. The van der Waals surface area contributed by atoms with E-state index in [9.17, 15) is 0 Å². The molecule has 0 aliphatic rings. The summed E-state index contributed by atoms with van der Waals surface area (Å²) in [6.07, 6.45) is 0.589. The average molecular weight is 240 g/mol. The molecule has 1 aromatic carbocycles. The Bertz CT molecular complexity index is 455. The number of halogens is 1. The van der Waals surface area contributed by atoms with Gasteiger partial charge in [-0.25, -0.2) is 5.90 Å². The second-order valence-corrected chi connectivity index (χ2v) is 3.66. The Morgan fingerprint density at radius 3 is 2.75 bits per heavy atom. The number of benzene rings is 1. The van der Waals surface area contributed by atoms with Gasteiger partial charge in [0.25, 0.3) is 5.89 Å². The van der Waals surface area contributed by atoms with Crippen LogP contribution in [0.25, 0.3) is 0 Å². The van der Waals surface area contributed by atoms with Crippen molar-refractivity contribution in [2.45, 2.75) is 13.0 Å². The minimum Gasteiger partial charge on any atom is -0.337 e. The molecule has 0 atom stereocenters. The maximum absolute atomic E-state index is 5.78. The zero-order valence-corrected chi connectivity index (χ0v) is 9.15. The molecule has 0 spiro atoms. The second-order valence-electron chi connectivity index (χ2n) is 3.22. The molecule has 1 aromatic heterocycles. The van der Waals surface area contributed by atoms with Gasteiger partial charge in [0, 0.05) is 11.4 Å². The Balaban J connectivity index is 2.05. The summed E-state index contributed by atoms with van der Waals surface area (Å²) >= 11 is 5.78. The highest BCUT2D eigenvalue weighted by Crippen LogP contribution is 2.12. The third-order valence-corrected chi connectivity index (χ3v) is 2.24. The molecule has 5 nitrogen and oxygen atoms in total. The van der Waals surface area contributed by atoms with Gasteiger partial charge in [0.2, 0.25) is 0 Å². The first-order valence-corrected chi connectivity index (χ1v) is 5.03. The van der Waals surface area contributed by atoms with Crippen molar-refractivity contribution in [3.8, 4) is 0 Å². The van der Waals surface area contributed by atoms with Crippen LogP contribution >= 0.6 is 11.6 Å². The first-order valence-electron chi connectivity index (χ1n) is 4.65. The number of hydrogen-bond acceptors (Lipinski definition) is 5. The molecule has 0 saturated heterocycles. The number of aromatic nitrogens is 2. The summed E-state index contributed by atoms with van der Waals surface area (Å²) < 4.78 is 4.91. The Kier molecular flexibility index (Phi) is 3.51. The van der Waals surface area contributed by atoms with Crippen molar-refractivity contribution in [2.75, 3.05) is 0 Å². The lowest BCUT2D eigenvalue weighted by atomic mass is 10.1. The smallest absolute Gasteiger partial charge is 0.254 e. The van der Waals surface area contributed by atoms with Crippen LogP contribution in [0.5, 0.6) is 0 Å². The first-order chi connectivity index (χ1) is 7.78. The van der Waals surface area contributed by atoms with Gasteiger partial charge in [0.05, 0.1) is 0 Å². The largest absolute Gasteiger partial charge is 0.337 e. The summed E-state index contributed by atoms with van der Waals surface area (Å²) in [6.45, 7) is 0.119. The van der Waals surface area contributed by atoms with E-state index in [0.717, 1.165) is 5.56 Å². The van der Waals surface area contributed by atoms with Crippen LogP contribution in [0.2, 0.25) is 5.02 Å². The van der Waals surface area contributed by atoms with Crippen molar-refractivity contribution < 1.29 is 9.36 Å². The lowest BCUT2D eigenvalue weighted by Crippen LogP contribution is -1.99. The van der Waals surface area contributed by atoms with Gasteiger partial charge < -0.3 is 4.52 Å². The molecule has 1 heterocycles. The maximum Gasteiger partial charge on any atom is 0.254 e. The SMILES string of the molecule is NOCc1nc(Cc2ccc(Cl)cc2)no1. The fourth-order valence-electron chi connectivity index (χ4n) is 1.28. The van der Waals surface area contributed by atoms with Crippen LogP contribution in [0.3, 0.4) is 0 Å². The van der Waals surface area contributed by atoms with E-state index in [1.54, 1.807) is 0 Å². The first kappa shape index (κ1) is 11.1. The Labute approximate surface area is 97.1 Å². The van der Waals surface area contributed by atoms with Crippen LogP contribution in [0.4, 0.5) is 0 Å². The van der Waals surface area contributed by atoms with E-state index >= 15 is 0 Å². The van der Waals surface area contributed by atoms with Gasteiger partial charge in [-0.3, -0.25) is 4.84 Å². The van der Waals surface area contributed by atoms with Crippen molar-refractivity contribution in [1.82, 2.24) is 10.1 Å². The Morgan fingerprint density at radius 1 is 1.31 bits per heavy atom. The van der Waals surface area contributed by atoms with Crippen LogP contribution in [-0.4, -0.2) is 10.1 Å². The minimum atomic E-state index is 0.119. The summed E-state index contributed by atoms with van der Waals surface area (Å²) in [4.78, 5) is 8.50. The molecule has 0 fully saturated rings. The van der Waals surface area contributed by atoms with Crippen LogP contribution in [0, 0.1) is 0 Å². The molecule has 0 unspecified atom stereocenters. The summed E-state index contributed by atoms with van der Waals surface area (Å²) in [5.41, 5.74) is 1.06. The standard InChI is InChI=1S/C10H10ClN3O2/c11-8-3-1-7(2-4-8)5-9-13-10(6-15-12)16-14-9/h1-4H,5-6,12H2. The van der Waals surface area contributed by atoms with Gasteiger partial charge in [-0.15, -0.1) is 0 Å². The highest BCUT2D eigenvalue weighted by atomic mass is 35.5. The molecular formula is C10H10ClN3O2. The quantitative estimate of drug-likeness (QED) is 0.822. The zero-order valence-electron chi connectivity index (χ0n) is 8.39. The summed E-state index contributed by atoms with van der Waals surface area (Å²) in [7, 11) is 0. The van der Waals surface area contributed by atoms with Crippen LogP contribution < -0.4 is 5.90 Å². The van der Waals surface area contributed by atoms with E-state index in [1.165, 1.54) is 0 Å². The van der Waals surface area contributed by atoms with Crippen LogP contribution in [0.1, 0.15) is 17.3 Å². The third-order valence-electron chi connectivity index (χ3n) is 1.99. The summed E-state index contributed by atoms with van der Waals surface area (Å²) in [5, 5.41) is 4.50. The van der Waals surface area contributed by atoms with Gasteiger partial charge in [-0.05, 0) is 17.7 Å². The molecule has 0 aliphatic heterocycles. The van der Waals surface area contributed by atoms with E-state index in [-0.39, 0.29) is 6.61 Å². The van der Waals surface area contributed by atoms with E-state index in [0.29, 0.717) is 23.2 Å². The lowest BCUT2D eigenvalue weighted by molar-refractivity contribution is 0.0995. The molecule has 84 valence electrons. The van der Waals surface area contributed by atoms with E-state index in [1.807, 2.05) is 24.3 Å². The highest BCUT2D eigenvalue weighted by Gasteiger charge is 2.06. The van der Waals surface area contributed by atoms with E-state index < -0.39 is 0 Å². The van der Waals surface area contributed by atoms with Crippen molar-refractivity contribution >= 4 is 11.6 Å². The van der Waals surface area contributed by atoms with Crippen LogP contribution in [-0.2, 0) is 17.9 Å². The molecule has 16 heavy (non-hydrogen) atoms. The normalized spacial score (nSPS) is 10.6. The number of nitrogens with two attached hydrogens (primary N) is 1. The molecule has 2 aromatic rings. The molecular weight excluding hydrogens is 230 g/mol. The zero-order chi connectivity index (χ0) is 11.4. The summed E-state index contributed by atoms with van der Waals surface area (Å²) in [6, 6.07) is 7.47. The second kappa shape index (κ2) is 5.07. The number of hydrogen-bond donors (Lipinski definition) is 1. The average Bonchev–Trinajstić information content (AvgIpc) is 2.70. The van der Waals surface area contributed by atoms with Crippen molar-refractivity contribution in [2.24, 2.45) is 5.90 Å². The topological polar surface area (TPSA) is 74.2 Å². The van der Waals surface area contributed by atoms with Gasteiger partial charge in [-0.1, -0.05) is 28.9 Å². The molecule has 0 radical (unpaired) electrons. The number of nitrogens with zero attached hydrogens (tertiary/aromatic N) is 2. The molecule has 6 heteroatoms. The summed E-state index contributed by atoms with van der Waals surface area (Å²) in [5.74, 6) is 5.86. The van der Waals surface area contributed by atoms with Crippen molar-refractivity contribution in [1.29, 1.82) is 0 Å². The predicted molar refractivity (Wildman–Crippen MR) is 57.5 cm³/mol. The highest BCUT2D eigenvalue weighted by molar-refractivity contribution is 6.30. The molecule has 0 saturated carbocycles.